The van der Waals surface area contributed by atoms with E-state index in [0.717, 1.165) is 23.7 Å². The number of halogens is 8. The number of anilines is 4. The third-order valence-electron chi connectivity index (χ3n) is 24.7. The van der Waals surface area contributed by atoms with Crippen LogP contribution in [0.5, 0.6) is 0 Å². The van der Waals surface area contributed by atoms with Crippen molar-refractivity contribution in [3.8, 4) is 56.5 Å². The molecule has 13 heterocycles. The van der Waals surface area contributed by atoms with Gasteiger partial charge in [0.25, 0.3) is 5.91 Å². The van der Waals surface area contributed by atoms with E-state index in [4.69, 9.17) is 69.1 Å². The Bertz CT molecular complexity index is 6790. The predicted octanol–water partition coefficient (Wildman–Crippen LogP) is 19.6. The number of nitrogens with zero attached hydrogens (tertiary/aromatic N) is 20. The van der Waals surface area contributed by atoms with Crippen molar-refractivity contribution in [2.45, 2.75) is 190 Å². The summed E-state index contributed by atoms with van der Waals surface area (Å²) in [4.78, 5) is 145. The minimum atomic E-state index is -4.68. The summed E-state index contributed by atoms with van der Waals surface area (Å²) in [6.07, 6.45) is 7.01. The number of rotatable bonds is 18. The first-order valence-corrected chi connectivity index (χ1v) is 46.2. The van der Waals surface area contributed by atoms with Gasteiger partial charge in [-0.15, -0.1) is 0 Å². The van der Waals surface area contributed by atoms with Crippen molar-refractivity contribution in [2.24, 2.45) is 4.99 Å². The number of hydrogen-bond acceptors (Lipinski definition) is 21. The second-order valence-electron chi connectivity index (χ2n) is 35.6. The summed E-state index contributed by atoms with van der Waals surface area (Å²) >= 11 is 20.5. The number of hydrogen-bond donors (Lipinski definition) is 0. The number of furan rings is 1. The van der Waals surface area contributed by atoms with E-state index in [1.54, 1.807) is 92.9 Å². The standard InChI is InChI=1S/C36H37ClFN7O3.C33H35ClF3N7O2.C32H34ClFN6O2/c1-8-28(46)43-16-22(7)44(17-21(43)6)34-25-15-26(37)31(24-11-9-10-12-27(24)38)41-35(25)45(36(47)42-34)32-29(19(2)3)39-33(23-13-14-48-18-23)40-30(32)20(4)5;1-8-25(45)42-14-20(7)43(15-19(42)6)30-22-13-24(34)28(21-11-9-10-12-23(21)33(35,36)37)40-31(22)44(32(46)41-30)29-26(17(2)3)38-16-39-27(29)18(4)5;1-6-10-26-30(19(3)13-14-35-26)40-28(42)16-36-31(39-18-20(4)38(17-21(39)5)27(41)7-2)23-15-24(33)29(37-32(23)40)22-11-8-9-12-25(22)34/h8-15,18-22H,1,16-17H2,2-7H3;8-13,16-20H,1,14-15H2,2-7H3;7-9,11-15,20-21H,2,6,10,16-18H2,1,3-5H3. The molecule has 4 aliphatic heterocycles. The number of piperazine rings is 3. The van der Waals surface area contributed by atoms with Crippen LogP contribution >= 0.6 is 34.8 Å². The Morgan fingerprint density at radius 3 is 1.37 bits per heavy atom. The number of aliphatic imine (C=N–C) groups is 1. The molecule has 136 heavy (non-hydrogen) atoms. The Morgan fingerprint density at radius 1 is 0.500 bits per heavy atom. The van der Waals surface area contributed by atoms with Gasteiger partial charge < -0.3 is 33.8 Å². The summed E-state index contributed by atoms with van der Waals surface area (Å²) in [5, 5.41) is 1.23. The molecule has 4 amide bonds. The lowest BCUT2D eigenvalue weighted by Crippen LogP contribution is -2.59. The third-order valence-corrected chi connectivity index (χ3v) is 25.5. The molecule has 0 aliphatic carbocycles. The summed E-state index contributed by atoms with van der Waals surface area (Å²) in [5.41, 5.74) is 5.32. The largest absolute Gasteiger partial charge is 0.472 e. The van der Waals surface area contributed by atoms with Gasteiger partial charge in [-0.2, -0.15) is 23.1 Å². The van der Waals surface area contributed by atoms with E-state index in [0.29, 0.717) is 131 Å². The van der Waals surface area contributed by atoms with Gasteiger partial charge in [-0.05, 0) is 163 Å². The van der Waals surface area contributed by atoms with Crippen LogP contribution in [0.15, 0.2) is 185 Å². The van der Waals surface area contributed by atoms with Crippen molar-refractivity contribution in [1.29, 1.82) is 0 Å². The highest BCUT2D eigenvalue weighted by molar-refractivity contribution is 6.35. The normalized spacial score (nSPS) is 17.6. The van der Waals surface area contributed by atoms with Gasteiger partial charge in [-0.25, -0.2) is 62.4 Å². The number of pyridine rings is 4. The molecule has 0 bridgehead atoms. The van der Waals surface area contributed by atoms with E-state index >= 15 is 8.78 Å². The summed E-state index contributed by atoms with van der Waals surface area (Å²) in [6, 6.07) is 24.9. The van der Waals surface area contributed by atoms with E-state index < -0.39 is 34.8 Å². The Labute approximate surface area is 799 Å². The number of carbonyl (C=O) groups is 4. The molecule has 6 atom stereocenters. The third kappa shape index (κ3) is 19.4. The Kier molecular flexibility index (Phi) is 29.5. The summed E-state index contributed by atoms with van der Waals surface area (Å²) in [5.74, 6) is -0.347. The van der Waals surface area contributed by atoms with Gasteiger partial charge in [0.1, 0.15) is 48.2 Å². The topological polar surface area (TPSA) is 289 Å². The van der Waals surface area contributed by atoms with Gasteiger partial charge in [-0.1, -0.05) is 166 Å². The SMILES string of the molecule is C=CC(=O)N1CC(C)N(C2=NCC(=O)N(c3c(C)ccnc3CCC)c3nc(-c4ccccc4F)c(Cl)cc32)CC1C.C=CC(=O)N1CC(C)N(c2nc(=O)n(-c3c(C(C)C)nc(-c4ccoc4)nc3C(C)C)c3nc(-c4ccccc4F)c(Cl)cc23)CC1C.C=CC(=O)N1CC(C)N(c2nc(=O)n(-c3c(C(C)C)ncnc3C(C)C)c3nc(-c4ccccc4C(F)(F)F)c(Cl)cc23)CC1C. The fraction of sp³-hybridized carbons (Fsp3) is 0.356. The number of alkyl halides is 3. The molecule has 708 valence electrons. The van der Waals surface area contributed by atoms with Gasteiger partial charge in [0.15, 0.2) is 22.9 Å². The zero-order valence-corrected chi connectivity index (χ0v) is 80.7. The van der Waals surface area contributed by atoms with Crippen LogP contribution in [0, 0.1) is 18.6 Å². The highest BCUT2D eigenvalue weighted by Crippen LogP contribution is 2.46. The van der Waals surface area contributed by atoms with Crippen LogP contribution < -0.4 is 26.1 Å². The molecule has 35 heteroatoms. The maximum absolute atomic E-state index is 15.2. The van der Waals surface area contributed by atoms with Crippen LogP contribution in [0.1, 0.15) is 179 Å². The molecular formula is C101H106Cl3F5N20O7. The zero-order valence-electron chi connectivity index (χ0n) is 78.4. The fourth-order valence-electron chi connectivity index (χ4n) is 18.0. The van der Waals surface area contributed by atoms with Crippen molar-refractivity contribution >= 4 is 109 Å². The molecule has 27 nitrogen and oxygen atoms in total. The van der Waals surface area contributed by atoms with Gasteiger partial charge in [0.05, 0.1) is 111 Å². The quantitative estimate of drug-likeness (QED) is 0.0569. The van der Waals surface area contributed by atoms with Crippen LogP contribution in [0.2, 0.25) is 15.1 Å². The van der Waals surface area contributed by atoms with Gasteiger partial charge in [0.2, 0.25) is 17.7 Å². The molecule has 6 unspecified atom stereocenters. The van der Waals surface area contributed by atoms with Crippen LogP contribution in [0.4, 0.5) is 45.1 Å². The highest BCUT2D eigenvalue weighted by atomic mass is 35.5. The van der Waals surface area contributed by atoms with Crippen LogP contribution in [0.25, 0.3) is 78.6 Å². The molecule has 3 aromatic carbocycles. The van der Waals surface area contributed by atoms with Gasteiger partial charge in [-0.3, -0.25) is 34.1 Å². The number of benzene rings is 3. The number of amides is 4. The van der Waals surface area contributed by atoms with Gasteiger partial charge in [0, 0.05) is 98.4 Å². The Balaban J connectivity index is 0.000000164. The first-order chi connectivity index (χ1) is 64.7. The number of aromatic nitrogens is 12. The average molecular weight is 1910 g/mol. The second kappa shape index (κ2) is 40.7. The number of aryl methyl sites for hydroxylation is 2. The lowest BCUT2D eigenvalue weighted by Gasteiger charge is -2.45. The van der Waals surface area contributed by atoms with Crippen LogP contribution in [-0.2, 0) is 31.8 Å². The number of carbonyl (C=O) groups excluding carboxylic acids is 4. The molecule has 0 N–H and O–H groups in total. The first-order valence-electron chi connectivity index (χ1n) is 45.1. The van der Waals surface area contributed by atoms with Crippen molar-refractivity contribution in [1.82, 2.24) is 78.6 Å². The van der Waals surface area contributed by atoms with Gasteiger partial charge >= 0.3 is 17.6 Å². The molecule has 16 rings (SSSR count). The molecule has 12 aromatic rings. The maximum atomic E-state index is 15.2. The van der Waals surface area contributed by atoms with Crippen molar-refractivity contribution in [3.63, 3.8) is 0 Å². The second-order valence-corrected chi connectivity index (χ2v) is 36.9. The molecule has 3 fully saturated rings. The van der Waals surface area contributed by atoms with Crippen molar-refractivity contribution in [2.75, 3.05) is 60.5 Å². The van der Waals surface area contributed by atoms with Crippen LogP contribution in [-0.4, -0.2) is 190 Å². The van der Waals surface area contributed by atoms with E-state index in [1.165, 1.54) is 70.1 Å². The lowest BCUT2D eigenvalue weighted by molar-refractivity contribution is -0.137. The Morgan fingerprint density at radius 2 is 0.926 bits per heavy atom. The first kappa shape index (κ1) is 98.7. The van der Waals surface area contributed by atoms with E-state index in [2.05, 4.69) is 56.5 Å². The number of amidine groups is 1. The number of fused-ring (bicyclic) bond motifs is 3. The summed E-state index contributed by atoms with van der Waals surface area (Å²) in [7, 11) is 0. The maximum Gasteiger partial charge on any atom is 0.417 e. The van der Waals surface area contributed by atoms with Crippen LogP contribution in [0.3, 0.4) is 0 Å². The fourth-order valence-corrected chi connectivity index (χ4v) is 18.7. The zero-order chi connectivity index (χ0) is 98.2. The molecular weight excluding hydrogens is 1810 g/mol. The smallest absolute Gasteiger partial charge is 0.417 e. The monoisotopic (exact) mass is 1910 g/mol. The van der Waals surface area contributed by atoms with E-state index in [-0.39, 0.29) is 156 Å². The molecule has 3 saturated heterocycles. The lowest BCUT2D eigenvalue weighted by atomic mass is 10.0. The van der Waals surface area contributed by atoms with E-state index in [1.807, 2.05) is 120 Å². The summed E-state index contributed by atoms with van der Waals surface area (Å²) in [6.45, 7) is 44.5. The van der Waals surface area contributed by atoms with E-state index in [9.17, 15) is 41.9 Å². The molecule has 0 radical (unpaired) electrons. The summed E-state index contributed by atoms with van der Waals surface area (Å²) < 4.78 is 80.8. The Hall–Kier alpha value is -13.3. The minimum absolute atomic E-state index is 0.0453. The molecule has 4 aliphatic rings. The minimum Gasteiger partial charge on any atom is -0.472 e. The van der Waals surface area contributed by atoms with Crippen molar-refractivity contribution in [3.05, 3.63) is 259 Å². The highest BCUT2D eigenvalue weighted by Gasteiger charge is 2.43. The molecule has 0 spiro atoms. The average Bonchev–Trinajstić information content (AvgIpc) is 0.896. The predicted molar refractivity (Wildman–Crippen MR) is 521 cm³/mol. The molecule has 9 aromatic heterocycles. The molecule has 0 saturated carbocycles. The van der Waals surface area contributed by atoms with Crippen molar-refractivity contribution < 1.29 is 45.5 Å².